The van der Waals surface area contributed by atoms with Crippen LogP contribution in [0, 0.1) is 0 Å². The Balaban J connectivity index is 2.54. The van der Waals surface area contributed by atoms with E-state index in [-0.39, 0.29) is 11.5 Å². The fourth-order valence-electron chi connectivity index (χ4n) is 1.57. The topological polar surface area (TPSA) is 67.8 Å². The first kappa shape index (κ1) is 20.0. The van der Waals surface area contributed by atoms with Crippen LogP contribution in [0.5, 0.6) is 5.88 Å². The number of hydrogen-bond acceptors (Lipinski definition) is 4. The summed E-state index contributed by atoms with van der Waals surface area (Å²) in [4.78, 5) is 7.83. The summed E-state index contributed by atoms with van der Waals surface area (Å²) in [5.41, 5.74) is 0.364. The molecule has 1 rings (SSSR count). The Morgan fingerprint density at radius 2 is 2.00 bits per heavy atom. The number of aliphatic imine (C=N–C) groups is 1. The quantitative estimate of drug-likeness (QED) is 0.584. The van der Waals surface area contributed by atoms with Crippen LogP contribution >= 0.6 is 0 Å². The predicted octanol–water partition coefficient (Wildman–Crippen LogP) is 2.11. The van der Waals surface area contributed by atoms with Gasteiger partial charge in [-0.2, -0.15) is 13.2 Å². The molecule has 1 aromatic heterocycles. The zero-order chi connectivity index (χ0) is 18.2. The van der Waals surface area contributed by atoms with Crippen molar-refractivity contribution in [3.05, 3.63) is 23.9 Å². The molecule has 0 aromatic carbocycles. The molecule has 1 heterocycles. The number of ether oxygens (including phenoxy) is 2. The summed E-state index contributed by atoms with van der Waals surface area (Å²) in [6, 6.07) is 3.13. The number of methoxy groups -OCH3 is 1. The van der Waals surface area contributed by atoms with Crippen molar-refractivity contribution in [2.45, 2.75) is 32.2 Å². The molecule has 6 nitrogen and oxygen atoms in total. The molecule has 0 saturated heterocycles. The number of nitrogens with zero attached hydrogens (tertiary/aromatic N) is 2. The van der Waals surface area contributed by atoms with Gasteiger partial charge in [0.05, 0.1) is 5.60 Å². The third-order valence-electron chi connectivity index (χ3n) is 3.10. The SMILES string of the molecule is CN=C(NCc1ccnc(OCC(F)(F)F)c1)NCC(C)(C)OC. The van der Waals surface area contributed by atoms with Crippen LogP contribution in [0.15, 0.2) is 23.3 Å². The molecule has 2 N–H and O–H groups in total. The van der Waals surface area contributed by atoms with Crippen LogP contribution in [-0.4, -0.2) is 50.0 Å². The molecule has 136 valence electrons. The van der Waals surface area contributed by atoms with Gasteiger partial charge in [0.25, 0.3) is 0 Å². The van der Waals surface area contributed by atoms with Gasteiger partial charge in [-0.1, -0.05) is 0 Å². The van der Waals surface area contributed by atoms with Gasteiger partial charge in [-0.3, -0.25) is 4.99 Å². The lowest BCUT2D eigenvalue weighted by atomic mass is 10.1. The van der Waals surface area contributed by atoms with E-state index in [0.29, 0.717) is 19.0 Å². The number of alkyl halides is 3. The highest BCUT2D eigenvalue weighted by molar-refractivity contribution is 5.79. The summed E-state index contributed by atoms with van der Waals surface area (Å²) in [5, 5.41) is 6.17. The first-order chi connectivity index (χ1) is 11.1. The highest BCUT2D eigenvalue weighted by Crippen LogP contribution is 2.17. The van der Waals surface area contributed by atoms with Gasteiger partial charge in [0.2, 0.25) is 5.88 Å². The Bertz CT molecular complexity index is 548. The van der Waals surface area contributed by atoms with Gasteiger partial charge < -0.3 is 20.1 Å². The molecule has 1 aromatic rings. The van der Waals surface area contributed by atoms with Crippen molar-refractivity contribution in [3.63, 3.8) is 0 Å². The normalized spacial score (nSPS) is 12.9. The van der Waals surface area contributed by atoms with Crippen molar-refractivity contribution < 1.29 is 22.6 Å². The molecule has 0 bridgehead atoms. The maximum Gasteiger partial charge on any atom is 0.422 e. The maximum absolute atomic E-state index is 12.2. The third-order valence-corrected chi connectivity index (χ3v) is 3.10. The molecule has 9 heteroatoms. The number of halogens is 3. The first-order valence-corrected chi connectivity index (χ1v) is 7.29. The van der Waals surface area contributed by atoms with E-state index in [0.717, 1.165) is 5.56 Å². The number of pyridine rings is 1. The fourth-order valence-corrected chi connectivity index (χ4v) is 1.57. The van der Waals surface area contributed by atoms with E-state index >= 15 is 0 Å². The summed E-state index contributed by atoms with van der Waals surface area (Å²) in [5.74, 6) is 0.477. The molecule has 0 atom stereocenters. The van der Waals surface area contributed by atoms with Gasteiger partial charge in [-0.15, -0.1) is 0 Å². The highest BCUT2D eigenvalue weighted by Gasteiger charge is 2.28. The molecule has 0 radical (unpaired) electrons. The molecule has 0 aliphatic heterocycles. The Morgan fingerprint density at radius 3 is 2.58 bits per heavy atom. The third kappa shape index (κ3) is 8.00. The lowest BCUT2D eigenvalue weighted by molar-refractivity contribution is -0.154. The van der Waals surface area contributed by atoms with Crippen LogP contribution < -0.4 is 15.4 Å². The van der Waals surface area contributed by atoms with E-state index in [9.17, 15) is 13.2 Å². The van der Waals surface area contributed by atoms with E-state index < -0.39 is 12.8 Å². The number of hydrogen-bond donors (Lipinski definition) is 2. The molecule has 0 unspecified atom stereocenters. The Labute approximate surface area is 139 Å². The molecule has 0 fully saturated rings. The number of rotatable bonds is 7. The van der Waals surface area contributed by atoms with E-state index in [4.69, 9.17) is 4.74 Å². The zero-order valence-electron chi connectivity index (χ0n) is 14.2. The number of guanidine groups is 1. The lowest BCUT2D eigenvalue weighted by Crippen LogP contribution is -2.45. The van der Waals surface area contributed by atoms with Crippen molar-refractivity contribution >= 4 is 5.96 Å². The minimum atomic E-state index is -4.39. The second-order valence-electron chi connectivity index (χ2n) is 5.65. The lowest BCUT2D eigenvalue weighted by Gasteiger charge is -2.24. The van der Waals surface area contributed by atoms with Crippen molar-refractivity contribution in [3.8, 4) is 5.88 Å². The zero-order valence-corrected chi connectivity index (χ0v) is 14.2. The molecule has 0 saturated carbocycles. The standard InChI is InChI=1S/C15H23F3N4O2/c1-14(2,23-4)9-22-13(19-3)21-8-11-5-6-20-12(7-11)24-10-15(16,17)18/h5-7H,8-10H2,1-4H3,(H2,19,21,22). The molecule has 0 aliphatic rings. The van der Waals surface area contributed by atoms with Crippen LogP contribution in [0.4, 0.5) is 13.2 Å². The van der Waals surface area contributed by atoms with Crippen LogP contribution in [0.2, 0.25) is 0 Å². The summed E-state index contributed by atoms with van der Waals surface area (Å²) < 4.78 is 46.4. The van der Waals surface area contributed by atoms with E-state index in [1.54, 1.807) is 20.2 Å². The minimum Gasteiger partial charge on any atom is -0.468 e. The fraction of sp³-hybridized carbons (Fsp3) is 0.600. The van der Waals surface area contributed by atoms with Crippen molar-refractivity contribution in [2.75, 3.05) is 27.3 Å². The molecule has 0 spiro atoms. The maximum atomic E-state index is 12.2. The van der Waals surface area contributed by atoms with Crippen LogP contribution in [0.25, 0.3) is 0 Å². The summed E-state index contributed by atoms with van der Waals surface area (Å²) >= 11 is 0. The smallest absolute Gasteiger partial charge is 0.422 e. The number of aromatic nitrogens is 1. The second-order valence-corrected chi connectivity index (χ2v) is 5.65. The van der Waals surface area contributed by atoms with Crippen LogP contribution in [0.3, 0.4) is 0 Å². The monoisotopic (exact) mass is 348 g/mol. The van der Waals surface area contributed by atoms with Gasteiger partial charge in [0.1, 0.15) is 0 Å². The Hall–Kier alpha value is -2.03. The van der Waals surface area contributed by atoms with Gasteiger partial charge in [0.15, 0.2) is 12.6 Å². The minimum absolute atomic E-state index is 0.0740. The Kier molecular flexibility index (Phi) is 7.27. The first-order valence-electron chi connectivity index (χ1n) is 7.29. The van der Waals surface area contributed by atoms with Crippen LogP contribution in [-0.2, 0) is 11.3 Å². The van der Waals surface area contributed by atoms with Gasteiger partial charge in [-0.25, -0.2) is 4.98 Å². The molecule has 0 aliphatic carbocycles. The van der Waals surface area contributed by atoms with Gasteiger partial charge in [-0.05, 0) is 25.5 Å². The van der Waals surface area contributed by atoms with Crippen molar-refractivity contribution in [2.24, 2.45) is 4.99 Å². The Morgan fingerprint density at radius 1 is 1.29 bits per heavy atom. The van der Waals surface area contributed by atoms with Gasteiger partial charge in [0, 0.05) is 39.5 Å². The predicted molar refractivity (Wildman–Crippen MR) is 85.1 cm³/mol. The molecule has 24 heavy (non-hydrogen) atoms. The average molecular weight is 348 g/mol. The summed E-state index contributed by atoms with van der Waals surface area (Å²) in [6.07, 6.45) is -3.00. The van der Waals surface area contributed by atoms with E-state index in [1.165, 1.54) is 12.3 Å². The number of nitrogens with one attached hydrogen (secondary N) is 2. The van der Waals surface area contributed by atoms with E-state index in [2.05, 4.69) is 25.3 Å². The van der Waals surface area contributed by atoms with Gasteiger partial charge >= 0.3 is 6.18 Å². The molecule has 0 amide bonds. The molecular weight excluding hydrogens is 325 g/mol. The molecular formula is C15H23F3N4O2. The largest absolute Gasteiger partial charge is 0.468 e. The summed E-state index contributed by atoms with van der Waals surface area (Å²) in [6.45, 7) is 3.39. The van der Waals surface area contributed by atoms with Crippen molar-refractivity contribution in [1.29, 1.82) is 0 Å². The average Bonchev–Trinajstić information content (AvgIpc) is 2.53. The van der Waals surface area contributed by atoms with E-state index in [1.807, 2.05) is 13.8 Å². The highest BCUT2D eigenvalue weighted by atomic mass is 19.4. The van der Waals surface area contributed by atoms with Crippen molar-refractivity contribution in [1.82, 2.24) is 15.6 Å². The van der Waals surface area contributed by atoms with Crippen LogP contribution in [0.1, 0.15) is 19.4 Å². The second kappa shape index (κ2) is 8.72. The summed E-state index contributed by atoms with van der Waals surface area (Å²) in [7, 11) is 3.25.